The molecule has 0 saturated heterocycles. The lowest BCUT2D eigenvalue weighted by Gasteiger charge is -2.40. The molecule has 1 aliphatic heterocycles. The van der Waals surface area contributed by atoms with E-state index in [1.807, 2.05) is 65.6 Å². The van der Waals surface area contributed by atoms with Crippen LogP contribution in [0.1, 0.15) is 35.3 Å². The summed E-state index contributed by atoms with van der Waals surface area (Å²) in [5.41, 5.74) is 3.91. The minimum absolute atomic E-state index is 0.0283. The van der Waals surface area contributed by atoms with Crippen molar-refractivity contribution in [1.29, 1.82) is 0 Å². The molecular formula is C23H21BrN2O. The van der Waals surface area contributed by atoms with Crippen molar-refractivity contribution in [2.45, 2.75) is 25.4 Å². The minimum atomic E-state index is 0.0283. The Kier molecular flexibility index (Phi) is 4.99. The highest BCUT2D eigenvalue weighted by Crippen LogP contribution is 2.40. The summed E-state index contributed by atoms with van der Waals surface area (Å²) in [4.78, 5) is 15.3. The lowest BCUT2D eigenvalue weighted by atomic mass is 9.90. The van der Waals surface area contributed by atoms with Crippen LogP contribution < -0.4 is 10.2 Å². The molecule has 0 spiro atoms. The maximum atomic E-state index is 13.3. The van der Waals surface area contributed by atoms with Crippen molar-refractivity contribution in [3.8, 4) is 0 Å². The highest BCUT2D eigenvalue weighted by atomic mass is 79.9. The van der Waals surface area contributed by atoms with Gasteiger partial charge in [-0.15, -0.1) is 0 Å². The van der Waals surface area contributed by atoms with Gasteiger partial charge in [0.2, 0.25) is 0 Å². The van der Waals surface area contributed by atoms with Gasteiger partial charge in [-0.1, -0.05) is 48.5 Å². The largest absolute Gasteiger partial charge is 0.378 e. The third kappa shape index (κ3) is 3.50. The van der Waals surface area contributed by atoms with Crippen LogP contribution in [-0.4, -0.2) is 11.9 Å². The van der Waals surface area contributed by atoms with E-state index in [0.29, 0.717) is 5.56 Å². The van der Waals surface area contributed by atoms with E-state index in [0.717, 1.165) is 27.8 Å². The Balaban J connectivity index is 1.71. The van der Waals surface area contributed by atoms with Gasteiger partial charge in [0.1, 0.15) is 0 Å². The van der Waals surface area contributed by atoms with Gasteiger partial charge in [-0.25, -0.2) is 0 Å². The number of amides is 1. The number of fused-ring (bicyclic) bond motifs is 1. The van der Waals surface area contributed by atoms with E-state index in [1.54, 1.807) is 0 Å². The summed E-state index contributed by atoms with van der Waals surface area (Å²) in [6, 6.07) is 26.3. The average molecular weight is 421 g/mol. The fourth-order valence-electron chi connectivity index (χ4n) is 3.76. The average Bonchev–Trinajstić information content (AvgIpc) is 2.69. The number of hydrogen-bond donors (Lipinski definition) is 1. The number of halogens is 1. The molecule has 3 aromatic rings. The second-order valence-corrected chi connectivity index (χ2v) is 7.72. The van der Waals surface area contributed by atoms with Crippen molar-refractivity contribution >= 4 is 33.2 Å². The molecule has 3 aromatic carbocycles. The fourth-order valence-corrected chi connectivity index (χ4v) is 4.21. The molecule has 1 amide bonds. The summed E-state index contributed by atoms with van der Waals surface area (Å²) in [6.07, 6.45) is 0.849. The Morgan fingerprint density at radius 1 is 0.963 bits per heavy atom. The van der Waals surface area contributed by atoms with Crippen LogP contribution in [0, 0.1) is 0 Å². The summed E-state index contributed by atoms with van der Waals surface area (Å²) in [5, 5.41) is 3.63. The number of carbonyl (C=O) groups is 1. The molecule has 4 rings (SSSR count). The SMILES string of the molecule is C[C@H]1C[C@@H](Nc2ccccc2)c2ccccc2N1C(=O)c1ccccc1Br. The van der Waals surface area contributed by atoms with E-state index in [4.69, 9.17) is 0 Å². The predicted molar refractivity (Wildman–Crippen MR) is 114 cm³/mol. The first-order chi connectivity index (χ1) is 13.1. The van der Waals surface area contributed by atoms with Gasteiger partial charge in [0.15, 0.2) is 0 Å². The van der Waals surface area contributed by atoms with Crippen molar-refractivity contribution in [3.63, 3.8) is 0 Å². The first-order valence-electron chi connectivity index (χ1n) is 9.14. The summed E-state index contributed by atoms with van der Waals surface area (Å²) >= 11 is 3.52. The molecule has 27 heavy (non-hydrogen) atoms. The first-order valence-corrected chi connectivity index (χ1v) is 9.93. The quantitative estimate of drug-likeness (QED) is 0.559. The van der Waals surface area contributed by atoms with Crippen molar-refractivity contribution in [3.05, 3.63) is 94.5 Å². The zero-order valence-electron chi connectivity index (χ0n) is 15.1. The third-order valence-corrected chi connectivity index (χ3v) is 5.72. The molecule has 136 valence electrons. The van der Waals surface area contributed by atoms with Crippen LogP contribution in [0.4, 0.5) is 11.4 Å². The molecule has 1 heterocycles. The van der Waals surface area contributed by atoms with Gasteiger partial charge < -0.3 is 10.2 Å². The van der Waals surface area contributed by atoms with Crippen LogP contribution in [0.15, 0.2) is 83.3 Å². The van der Waals surface area contributed by atoms with Crippen molar-refractivity contribution < 1.29 is 4.79 Å². The number of nitrogens with zero attached hydrogens (tertiary/aromatic N) is 1. The van der Waals surface area contributed by atoms with E-state index in [1.165, 1.54) is 0 Å². The number of anilines is 2. The maximum Gasteiger partial charge on any atom is 0.259 e. The predicted octanol–water partition coefficient (Wildman–Crippen LogP) is 6.04. The molecular weight excluding hydrogens is 400 g/mol. The van der Waals surface area contributed by atoms with Crippen LogP contribution in [0.2, 0.25) is 0 Å². The van der Waals surface area contributed by atoms with Gasteiger partial charge >= 0.3 is 0 Å². The lowest BCUT2D eigenvalue weighted by molar-refractivity contribution is 0.0973. The van der Waals surface area contributed by atoms with Gasteiger partial charge in [-0.3, -0.25) is 4.79 Å². The number of benzene rings is 3. The zero-order chi connectivity index (χ0) is 18.8. The molecule has 4 heteroatoms. The molecule has 0 aliphatic carbocycles. The number of para-hydroxylation sites is 2. The first kappa shape index (κ1) is 17.8. The Bertz CT molecular complexity index is 957. The molecule has 2 atom stereocenters. The van der Waals surface area contributed by atoms with E-state index in [2.05, 4.69) is 46.4 Å². The second kappa shape index (κ2) is 7.57. The Morgan fingerprint density at radius 3 is 2.41 bits per heavy atom. The maximum absolute atomic E-state index is 13.3. The van der Waals surface area contributed by atoms with Crippen molar-refractivity contribution in [2.24, 2.45) is 0 Å². The second-order valence-electron chi connectivity index (χ2n) is 6.86. The van der Waals surface area contributed by atoms with Crippen LogP contribution in [0.5, 0.6) is 0 Å². The van der Waals surface area contributed by atoms with Gasteiger partial charge in [-0.05, 0) is 65.2 Å². The highest BCUT2D eigenvalue weighted by Gasteiger charge is 2.34. The third-order valence-electron chi connectivity index (χ3n) is 5.03. The zero-order valence-corrected chi connectivity index (χ0v) is 16.7. The van der Waals surface area contributed by atoms with Crippen LogP contribution in [0.25, 0.3) is 0 Å². The van der Waals surface area contributed by atoms with Gasteiger partial charge in [0.05, 0.1) is 11.6 Å². The van der Waals surface area contributed by atoms with E-state index < -0.39 is 0 Å². The molecule has 0 aromatic heterocycles. The monoisotopic (exact) mass is 420 g/mol. The van der Waals surface area contributed by atoms with Gasteiger partial charge in [0.25, 0.3) is 5.91 Å². The molecule has 1 aliphatic rings. The van der Waals surface area contributed by atoms with E-state index in [-0.39, 0.29) is 18.0 Å². The number of carbonyl (C=O) groups excluding carboxylic acids is 1. The summed E-state index contributed by atoms with van der Waals surface area (Å²) < 4.78 is 0.823. The van der Waals surface area contributed by atoms with E-state index >= 15 is 0 Å². The molecule has 0 fully saturated rings. The Labute approximate surface area is 168 Å². The van der Waals surface area contributed by atoms with Crippen LogP contribution >= 0.6 is 15.9 Å². The van der Waals surface area contributed by atoms with E-state index in [9.17, 15) is 4.79 Å². The fraction of sp³-hybridized carbons (Fsp3) is 0.174. The lowest BCUT2D eigenvalue weighted by Crippen LogP contribution is -2.44. The van der Waals surface area contributed by atoms with Crippen molar-refractivity contribution in [1.82, 2.24) is 0 Å². The molecule has 0 radical (unpaired) electrons. The topological polar surface area (TPSA) is 32.3 Å². The molecule has 0 unspecified atom stereocenters. The van der Waals surface area contributed by atoms with Crippen LogP contribution in [-0.2, 0) is 0 Å². The molecule has 0 saturated carbocycles. The summed E-state index contributed by atoms with van der Waals surface area (Å²) in [7, 11) is 0. The molecule has 1 N–H and O–H groups in total. The van der Waals surface area contributed by atoms with Gasteiger partial charge in [0, 0.05) is 21.9 Å². The van der Waals surface area contributed by atoms with Crippen molar-refractivity contribution in [2.75, 3.05) is 10.2 Å². The number of hydrogen-bond acceptors (Lipinski definition) is 2. The minimum Gasteiger partial charge on any atom is -0.378 e. The smallest absolute Gasteiger partial charge is 0.259 e. The normalized spacial score (nSPS) is 18.7. The summed E-state index contributed by atoms with van der Waals surface area (Å²) in [5.74, 6) is 0.0283. The highest BCUT2D eigenvalue weighted by molar-refractivity contribution is 9.10. The van der Waals surface area contributed by atoms with Gasteiger partial charge in [-0.2, -0.15) is 0 Å². The summed E-state index contributed by atoms with van der Waals surface area (Å²) in [6.45, 7) is 2.12. The Hall–Kier alpha value is -2.59. The molecule has 0 bridgehead atoms. The number of nitrogens with one attached hydrogen (secondary N) is 1. The number of rotatable bonds is 3. The molecule has 3 nitrogen and oxygen atoms in total. The van der Waals surface area contributed by atoms with Crippen LogP contribution in [0.3, 0.4) is 0 Å². The Morgan fingerprint density at radius 2 is 1.63 bits per heavy atom. The standard InChI is InChI=1S/C23H21BrN2O/c1-16-15-21(25-17-9-3-2-4-10-17)19-12-6-8-14-22(19)26(16)23(27)18-11-5-7-13-20(18)24/h2-14,16,21,25H,15H2,1H3/t16-,21+/m0/s1.